The van der Waals surface area contributed by atoms with E-state index >= 15 is 0 Å². The van der Waals surface area contributed by atoms with Crippen molar-refractivity contribution >= 4 is 40.3 Å². The fourth-order valence-corrected chi connectivity index (χ4v) is 3.69. The van der Waals surface area contributed by atoms with E-state index in [-0.39, 0.29) is 11.9 Å². The Kier molecular flexibility index (Phi) is 4.41. The monoisotopic (exact) mass is 363 g/mol. The number of nitrogens with one attached hydrogen (secondary N) is 2. The predicted molar refractivity (Wildman–Crippen MR) is 105 cm³/mol. The van der Waals surface area contributed by atoms with Crippen LogP contribution in [0, 0.1) is 0 Å². The molecule has 0 atom stereocenters. The Hall–Kier alpha value is -3.12. The first-order valence-corrected chi connectivity index (χ1v) is 9.20. The summed E-state index contributed by atoms with van der Waals surface area (Å²) in [5.74, 6) is 0.00429. The molecule has 2 N–H and O–H groups in total. The maximum atomic E-state index is 12.7. The SMILES string of the molecule is O=C(Nc1ccccc1)Nc1ccc2c(c1)N(C(=O)c1cccs1)CC2. The quantitative estimate of drug-likeness (QED) is 0.715. The lowest BCUT2D eigenvalue weighted by Gasteiger charge is -2.17. The minimum absolute atomic E-state index is 0.00429. The number of hydrogen-bond donors (Lipinski definition) is 2. The molecule has 1 aliphatic heterocycles. The highest BCUT2D eigenvalue weighted by Gasteiger charge is 2.26. The van der Waals surface area contributed by atoms with E-state index in [1.807, 2.05) is 66.0 Å². The van der Waals surface area contributed by atoms with Gasteiger partial charge >= 0.3 is 6.03 Å². The van der Waals surface area contributed by atoms with E-state index in [0.717, 1.165) is 28.2 Å². The first-order chi connectivity index (χ1) is 12.7. The number of rotatable bonds is 3. The molecular formula is C20H17N3O2S. The number of carbonyl (C=O) groups is 2. The molecule has 2 aromatic carbocycles. The highest BCUT2D eigenvalue weighted by atomic mass is 32.1. The van der Waals surface area contributed by atoms with Gasteiger partial charge in [-0.25, -0.2) is 4.79 Å². The summed E-state index contributed by atoms with van der Waals surface area (Å²) in [5.41, 5.74) is 3.36. The van der Waals surface area contributed by atoms with Crippen LogP contribution in [0.5, 0.6) is 0 Å². The van der Waals surface area contributed by atoms with Crippen LogP contribution in [0.15, 0.2) is 66.0 Å². The lowest BCUT2D eigenvalue weighted by molar-refractivity contribution is 0.0993. The van der Waals surface area contributed by atoms with Crippen molar-refractivity contribution in [1.82, 2.24) is 0 Å². The lowest BCUT2D eigenvalue weighted by atomic mass is 10.1. The molecule has 0 saturated heterocycles. The van der Waals surface area contributed by atoms with Gasteiger partial charge in [0.2, 0.25) is 0 Å². The first kappa shape index (κ1) is 16.4. The first-order valence-electron chi connectivity index (χ1n) is 8.32. The molecule has 0 saturated carbocycles. The molecule has 26 heavy (non-hydrogen) atoms. The van der Waals surface area contributed by atoms with E-state index in [2.05, 4.69) is 10.6 Å². The summed E-state index contributed by atoms with van der Waals surface area (Å²) in [6.45, 7) is 0.658. The second kappa shape index (κ2) is 7.01. The van der Waals surface area contributed by atoms with Gasteiger partial charge in [0.25, 0.3) is 5.91 Å². The summed E-state index contributed by atoms with van der Waals surface area (Å²) in [6, 6.07) is 18.3. The van der Waals surface area contributed by atoms with Crippen LogP contribution in [0.2, 0.25) is 0 Å². The fraction of sp³-hybridized carbons (Fsp3) is 0.100. The Morgan fingerprint density at radius 3 is 2.50 bits per heavy atom. The van der Waals surface area contributed by atoms with E-state index in [1.165, 1.54) is 11.3 Å². The number of para-hydroxylation sites is 1. The van der Waals surface area contributed by atoms with Crippen LogP contribution in [-0.2, 0) is 6.42 Å². The van der Waals surface area contributed by atoms with Gasteiger partial charge in [-0.05, 0) is 47.7 Å². The summed E-state index contributed by atoms with van der Waals surface area (Å²) < 4.78 is 0. The molecule has 2 heterocycles. The van der Waals surface area contributed by atoms with Gasteiger partial charge in [0, 0.05) is 23.6 Å². The van der Waals surface area contributed by atoms with Crippen molar-refractivity contribution < 1.29 is 9.59 Å². The number of carbonyl (C=O) groups excluding carboxylic acids is 2. The zero-order valence-electron chi connectivity index (χ0n) is 13.9. The third-order valence-electron chi connectivity index (χ3n) is 4.25. The van der Waals surface area contributed by atoms with Gasteiger partial charge in [0.1, 0.15) is 0 Å². The van der Waals surface area contributed by atoms with Crippen LogP contribution in [0.1, 0.15) is 15.2 Å². The van der Waals surface area contributed by atoms with Crippen LogP contribution < -0.4 is 15.5 Å². The van der Waals surface area contributed by atoms with Gasteiger partial charge in [0.05, 0.1) is 4.88 Å². The molecule has 5 nitrogen and oxygen atoms in total. The van der Waals surface area contributed by atoms with Crippen molar-refractivity contribution in [3.8, 4) is 0 Å². The topological polar surface area (TPSA) is 61.4 Å². The van der Waals surface area contributed by atoms with Gasteiger partial charge in [-0.3, -0.25) is 4.79 Å². The molecule has 1 aromatic heterocycles. The van der Waals surface area contributed by atoms with Crippen LogP contribution >= 0.6 is 11.3 Å². The minimum atomic E-state index is -0.315. The Balaban J connectivity index is 1.51. The maximum absolute atomic E-state index is 12.7. The standard InChI is InChI=1S/C20H17N3O2S/c24-19(18-7-4-12-26-18)23-11-10-14-8-9-16(13-17(14)23)22-20(25)21-15-5-2-1-3-6-15/h1-9,12-13H,10-11H2,(H2,21,22,25). The number of benzene rings is 2. The third-order valence-corrected chi connectivity index (χ3v) is 5.11. The third kappa shape index (κ3) is 3.32. The molecule has 0 radical (unpaired) electrons. The van der Waals surface area contributed by atoms with Crippen LogP contribution in [0.3, 0.4) is 0 Å². The number of fused-ring (bicyclic) bond motifs is 1. The predicted octanol–water partition coefficient (Wildman–Crippen LogP) is 4.60. The number of amides is 3. The van der Waals surface area contributed by atoms with Crippen molar-refractivity contribution in [3.63, 3.8) is 0 Å². The largest absolute Gasteiger partial charge is 0.323 e. The summed E-state index contributed by atoms with van der Waals surface area (Å²) in [5, 5.41) is 7.51. The van der Waals surface area contributed by atoms with E-state index < -0.39 is 0 Å². The molecule has 3 aromatic rings. The van der Waals surface area contributed by atoms with Crippen molar-refractivity contribution in [2.75, 3.05) is 22.1 Å². The zero-order chi connectivity index (χ0) is 17.9. The van der Waals surface area contributed by atoms with E-state index in [0.29, 0.717) is 12.2 Å². The Bertz CT molecular complexity index is 939. The molecule has 0 spiro atoms. The number of anilines is 3. The van der Waals surface area contributed by atoms with Crippen LogP contribution in [-0.4, -0.2) is 18.5 Å². The summed E-state index contributed by atoms with van der Waals surface area (Å²) in [7, 11) is 0. The highest BCUT2D eigenvalue weighted by Crippen LogP contribution is 2.32. The minimum Gasteiger partial charge on any atom is -0.308 e. The number of nitrogens with zero attached hydrogens (tertiary/aromatic N) is 1. The summed E-state index contributed by atoms with van der Waals surface area (Å²) in [6.07, 6.45) is 0.822. The van der Waals surface area contributed by atoms with Crippen molar-refractivity contribution in [3.05, 3.63) is 76.5 Å². The average Bonchev–Trinajstić information content (AvgIpc) is 3.32. The maximum Gasteiger partial charge on any atom is 0.323 e. The van der Waals surface area contributed by atoms with E-state index in [9.17, 15) is 9.59 Å². The Morgan fingerprint density at radius 2 is 1.73 bits per heavy atom. The molecule has 4 rings (SSSR count). The Morgan fingerprint density at radius 1 is 0.923 bits per heavy atom. The van der Waals surface area contributed by atoms with Gasteiger partial charge in [-0.2, -0.15) is 0 Å². The van der Waals surface area contributed by atoms with E-state index in [1.54, 1.807) is 4.90 Å². The summed E-state index contributed by atoms with van der Waals surface area (Å²) >= 11 is 1.44. The van der Waals surface area contributed by atoms with Crippen molar-refractivity contribution in [2.24, 2.45) is 0 Å². The van der Waals surface area contributed by atoms with Crippen molar-refractivity contribution in [1.29, 1.82) is 0 Å². The fourth-order valence-electron chi connectivity index (χ4n) is 3.02. The van der Waals surface area contributed by atoms with Gasteiger partial charge < -0.3 is 15.5 Å². The highest BCUT2D eigenvalue weighted by molar-refractivity contribution is 7.12. The molecule has 1 aliphatic rings. The molecule has 0 aliphatic carbocycles. The molecule has 0 fully saturated rings. The lowest BCUT2D eigenvalue weighted by Crippen LogP contribution is -2.28. The van der Waals surface area contributed by atoms with Gasteiger partial charge in [0.15, 0.2) is 0 Å². The Labute approximate surface area is 155 Å². The average molecular weight is 363 g/mol. The second-order valence-electron chi connectivity index (χ2n) is 5.97. The smallest absolute Gasteiger partial charge is 0.308 e. The molecular weight excluding hydrogens is 346 g/mol. The number of urea groups is 1. The molecule has 6 heteroatoms. The molecule has 0 unspecified atom stereocenters. The van der Waals surface area contributed by atoms with E-state index in [4.69, 9.17) is 0 Å². The zero-order valence-corrected chi connectivity index (χ0v) is 14.8. The molecule has 0 bridgehead atoms. The molecule has 3 amide bonds. The number of hydrogen-bond acceptors (Lipinski definition) is 3. The normalized spacial score (nSPS) is 12.5. The van der Waals surface area contributed by atoms with Crippen molar-refractivity contribution in [2.45, 2.75) is 6.42 Å². The van der Waals surface area contributed by atoms with Crippen LogP contribution in [0.25, 0.3) is 0 Å². The summed E-state index contributed by atoms with van der Waals surface area (Å²) in [4.78, 5) is 27.4. The van der Waals surface area contributed by atoms with Gasteiger partial charge in [-0.1, -0.05) is 30.3 Å². The molecule has 130 valence electrons. The number of thiophene rings is 1. The van der Waals surface area contributed by atoms with Gasteiger partial charge in [-0.15, -0.1) is 11.3 Å². The van der Waals surface area contributed by atoms with Crippen LogP contribution in [0.4, 0.5) is 21.9 Å². The second-order valence-corrected chi connectivity index (χ2v) is 6.92.